The van der Waals surface area contributed by atoms with Crippen molar-refractivity contribution >= 4 is 5.91 Å². The van der Waals surface area contributed by atoms with E-state index in [1.54, 1.807) is 30.3 Å². The molecule has 0 aliphatic rings. The van der Waals surface area contributed by atoms with Crippen LogP contribution < -0.4 is 5.32 Å². The van der Waals surface area contributed by atoms with Crippen molar-refractivity contribution in [2.45, 2.75) is 64.5 Å². The number of hydrogen-bond donors (Lipinski definition) is 1. The van der Waals surface area contributed by atoms with Gasteiger partial charge in [0.1, 0.15) is 6.10 Å². The monoisotopic (exact) mass is 371 g/mol. The van der Waals surface area contributed by atoms with Gasteiger partial charge in [0.25, 0.3) is 0 Å². The number of rotatable bonds is 9. The number of benzene rings is 1. The van der Waals surface area contributed by atoms with E-state index in [4.69, 9.17) is 4.74 Å². The molecular weight excluding hydrogens is 343 g/mol. The predicted octanol–water partition coefficient (Wildman–Crippen LogP) is 5.19. The summed E-state index contributed by atoms with van der Waals surface area (Å²) < 4.78 is 44.3. The number of nitrogens with one attached hydrogen (secondary N) is 1. The second-order valence-corrected chi connectivity index (χ2v) is 6.82. The van der Waals surface area contributed by atoms with Crippen LogP contribution in [-0.2, 0) is 9.53 Å². The Morgan fingerprint density at radius 3 is 2.31 bits per heavy atom. The van der Waals surface area contributed by atoms with E-state index in [0.29, 0.717) is 12.0 Å². The highest BCUT2D eigenvalue weighted by atomic mass is 19.4. The molecule has 1 amide bonds. The van der Waals surface area contributed by atoms with Crippen LogP contribution in [0.25, 0.3) is 0 Å². The Morgan fingerprint density at radius 2 is 1.85 bits per heavy atom. The number of hydrogen-bond acceptors (Lipinski definition) is 2. The van der Waals surface area contributed by atoms with Crippen molar-refractivity contribution in [3.8, 4) is 0 Å². The van der Waals surface area contributed by atoms with Gasteiger partial charge in [0, 0.05) is 0 Å². The first-order valence-electron chi connectivity index (χ1n) is 8.76. The highest BCUT2D eigenvalue weighted by Gasteiger charge is 2.41. The summed E-state index contributed by atoms with van der Waals surface area (Å²) in [6.45, 7) is 11.3. The summed E-state index contributed by atoms with van der Waals surface area (Å²) in [4.78, 5) is 11.4. The predicted molar refractivity (Wildman–Crippen MR) is 96.6 cm³/mol. The molecule has 26 heavy (non-hydrogen) atoms. The van der Waals surface area contributed by atoms with Crippen LogP contribution in [0.15, 0.2) is 43.0 Å². The van der Waals surface area contributed by atoms with Crippen LogP contribution >= 0.6 is 0 Å². The van der Waals surface area contributed by atoms with Crippen LogP contribution in [-0.4, -0.2) is 23.7 Å². The number of alkyl halides is 3. The van der Waals surface area contributed by atoms with Crippen LogP contribution in [0.5, 0.6) is 0 Å². The smallest absolute Gasteiger partial charge is 0.365 e. The molecule has 3 nitrogen and oxygen atoms in total. The Labute approximate surface area is 153 Å². The standard InChI is InChI=1S/C20H28F3NO2/c1-6-13-19(5,14(3)7-2)26-17(16-11-9-8-10-12-16)15(4)24-18(25)20(21,22)23/h6,8-12,14-15,17H,1,7,13H2,2-5H3,(H,24,25)/t14-,15+,17-,19+/m0/s1. The average Bonchev–Trinajstić information content (AvgIpc) is 2.59. The molecule has 0 radical (unpaired) electrons. The molecule has 1 N–H and O–H groups in total. The highest BCUT2D eigenvalue weighted by Crippen LogP contribution is 2.36. The SMILES string of the molecule is C=CC[C@@](C)(O[C@H](c1ccccc1)[C@@H](C)NC(=O)C(F)(F)F)[C@@H](C)CC. The molecule has 0 saturated heterocycles. The molecule has 0 fully saturated rings. The lowest BCUT2D eigenvalue weighted by atomic mass is 9.84. The van der Waals surface area contributed by atoms with E-state index in [1.165, 1.54) is 6.92 Å². The number of halogens is 3. The van der Waals surface area contributed by atoms with E-state index in [1.807, 2.05) is 32.2 Å². The molecule has 0 aliphatic carbocycles. The van der Waals surface area contributed by atoms with Crippen molar-refractivity contribution in [2.24, 2.45) is 5.92 Å². The molecule has 0 aromatic heterocycles. The fourth-order valence-corrected chi connectivity index (χ4v) is 2.84. The Balaban J connectivity index is 3.17. The molecule has 0 heterocycles. The third-order valence-corrected chi connectivity index (χ3v) is 4.80. The van der Waals surface area contributed by atoms with Gasteiger partial charge in [-0.25, -0.2) is 0 Å². The molecule has 4 atom stereocenters. The Hall–Kier alpha value is -1.82. The maximum atomic E-state index is 12.7. The summed E-state index contributed by atoms with van der Waals surface area (Å²) in [6.07, 6.45) is -2.52. The van der Waals surface area contributed by atoms with Gasteiger partial charge in [-0.15, -0.1) is 6.58 Å². The normalized spacial score (nSPS) is 17.7. The van der Waals surface area contributed by atoms with E-state index < -0.39 is 29.8 Å². The van der Waals surface area contributed by atoms with Gasteiger partial charge in [0.2, 0.25) is 0 Å². The highest BCUT2D eigenvalue weighted by molar-refractivity contribution is 5.82. The number of carbonyl (C=O) groups is 1. The van der Waals surface area contributed by atoms with Crippen molar-refractivity contribution in [3.05, 3.63) is 48.6 Å². The summed E-state index contributed by atoms with van der Waals surface area (Å²) in [7, 11) is 0. The van der Waals surface area contributed by atoms with Crippen LogP contribution in [0.3, 0.4) is 0 Å². The summed E-state index contributed by atoms with van der Waals surface area (Å²) >= 11 is 0. The number of carbonyl (C=O) groups excluding carboxylic acids is 1. The van der Waals surface area contributed by atoms with Crippen LogP contribution in [0.4, 0.5) is 13.2 Å². The second-order valence-electron chi connectivity index (χ2n) is 6.82. The van der Waals surface area contributed by atoms with Crippen LogP contribution in [0.1, 0.15) is 52.2 Å². The molecule has 1 aromatic rings. The van der Waals surface area contributed by atoms with Crippen LogP contribution in [0, 0.1) is 5.92 Å². The number of amides is 1. The Morgan fingerprint density at radius 1 is 1.27 bits per heavy atom. The van der Waals surface area contributed by atoms with E-state index in [9.17, 15) is 18.0 Å². The maximum Gasteiger partial charge on any atom is 0.471 e. The first kappa shape index (κ1) is 22.2. The molecule has 0 bridgehead atoms. The van der Waals surface area contributed by atoms with Gasteiger partial charge in [-0.1, -0.05) is 56.7 Å². The van der Waals surface area contributed by atoms with Gasteiger partial charge in [-0.3, -0.25) is 4.79 Å². The Bertz CT molecular complexity index is 588. The van der Waals surface area contributed by atoms with Crippen molar-refractivity contribution in [1.29, 1.82) is 0 Å². The summed E-state index contributed by atoms with van der Waals surface area (Å²) in [5.74, 6) is -1.82. The van der Waals surface area contributed by atoms with Gasteiger partial charge < -0.3 is 10.1 Å². The molecule has 146 valence electrons. The summed E-state index contributed by atoms with van der Waals surface area (Å²) in [6, 6.07) is 8.10. The third-order valence-electron chi connectivity index (χ3n) is 4.80. The fraction of sp³-hybridized carbons (Fsp3) is 0.550. The minimum absolute atomic E-state index is 0.150. The lowest BCUT2D eigenvalue weighted by Gasteiger charge is -2.40. The summed E-state index contributed by atoms with van der Waals surface area (Å²) in [5.41, 5.74) is 0.0925. The van der Waals surface area contributed by atoms with E-state index in [2.05, 4.69) is 6.58 Å². The van der Waals surface area contributed by atoms with Crippen molar-refractivity contribution in [1.82, 2.24) is 5.32 Å². The zero-order valence-electron chi connectivity index (χ0n) is 15.8. The van der Waals surface area contributed by atoms with E-state index in [-0.39, 0.29) is 5.92 Å². The van der Waals surface area contributed by atoms with Crippen molar-refractivity contribution in [3.63, 3.8) is 0 Å². The quantitative estimate of drug-likeness (QED) is 0.607. The Kier molecular flexibility index (Phi) is 7.87. The van der Waals surface area contributed by atoms with Gasteiger partial charge in [-0.05, 0) is 31.7 Å². The van der Waals surface area contributed by atoms with E-state index in [0.717, 1.165) is 6.42 Å². The molecule has 0 aliphatic heterocycles. The minimum atomic E-state index is -4.93. The molecule has 0 spiro atoms. The average molecular weight is 371 g/mol. The lowest BCUT2D eigenvalue weighted by Crippen LogP contribution is -2.47. The second kappa shape index (κ2) is 9.21. The molecular formula is C20H28F3NO2. The summed E-state index contributed by atoms with van der Waals surface area (Å²) in [5, 5.41) is 2.03. The van der Waals surface area contributed by atoms with Crippen molar-refractivity contribution < 1.29 is 22.7 Å². The van der Waals surface area contributed by atoms with Crippen LogP contribution in [0.2, 0.25) is 0 Å². The molecule has 1 aromatic carbocycles. The molecule has 0 saturated carbocycles. The molecule has 1 rings (SSSR count). The first-order chi connectivity index (χ1) is 12.0. The zero-order chi connectivity index (χ0) is 20.0. The van der Waals surface area contributed by atoms with E-state index >= 15 is 0 Å². The van der Waals surface area contributed by atoms with Gasteiger partial charge in [0.05, 0.1) is 11.6 Å². The number of ether oxygens (including phenoxy) is 1. The fourth-order valence-electron chi connectivity index (χ4n) is 2.84. The van der Waals surface area contributed by atoms with Gasteiger partial charge >= 0.3 is 12.1 Å². The van der Waals surface area contributed by atoms with Gasteiger partial charge in [0.15, 0.2) is 0 Å². The largest absolute Gasteiger partial charge is 0.471 e. The maximum absolute atomic E-state index is 12.7. The zero-order valence-corrected chi connectivity index (χ0v) is 15.8. The minimum Gasteiger partial charge on any atom is -0.365 e. The first-order valence-corrected chi connectivity index (χ1v) is 8.76. The topological polar surface area (TPSA) is 38.3 Å². The molecule has 6 heteroatoms. The lowest BCUT2D eigenvalue weighted by molar-refractivity contribution is -0.177. The molecule has 0 unspecified atom stereocenters. The third kappa shape index (κ3) is 5.87. The van der Waals surface area contributed by atoms with Crippen molar-refractivity contribution in [2.75, 3.05) is 0 Å². The van der Waals surface area contributed by atoms with Gasteiger partial charge in [-0.2, -0.15) is 13.2 Å².